The zero-order valence-electron chi connectivity index (χ0n) is 10.5. The number of nitrogens with one attached hydrogen (secondary N) is 2. The van der Waals surface area contributed by atoms with Crippen molar-refractivity contribution in [3.8, 4) is 0 Å². The molecule has 2 rings (SSSR count). The van der Waals surface area contributed by atoms with E-state index in [0.29, 0.717) is 23.3 Å². The quantitative estimate of drug-likeness (QED) is 0.696. The zero-order valence-corrected chi connectivity index (χ0v) is 12.9. The number of halogens is 1. The summed E-state index contributed by atoms with van der Waals surface area (Å²) in [5.41, 5.74) is 6.37. The summed E-state index contributed by atoms with van der Waals surface area (Å²) in [5, 5.41) is 6.37. The summed E-state index contributed by atoms with van der Waals surface area (Å²) in [6, 6.07) is 4.92. The second-order valence-electron chi connectivity index (χ2n) is 4.05. The third-order valence-electron chi connectivity index (χ3n) is 2.64. The number of hydrogen-bond acceptors (Lipinski definition) is 5. The van der Waals surface area contributed by atoms with E-state index in [1.54, 1.807) is 12.1 Å². The molecule has 0 unspecified atom stereocenters. The molecular formula is C11H14BrN5O2S. The maximum absolute atomic E-state index is 12.2. The monoisotopic (exact) mass is 359 g/mol. The highest BCUT2D eigenvalue weighted by Crippen LogP contribution is 2.22. The topological polar surface area (TPSA) is 114 Å². The van der Waals surface area contributed by atoms with E-state index in [1.165, 1.54) is 12.4 Å². The van der Waals surface area contributed by atoms with Gasteiger partial charge in [0, 0.05) is 24.0 Å². The molecule has 2 aromatic rings. The first-order chi connectivity index (χ1) is 9.53. The number of rotatable bonds is 6. The number of aromatic nitrogens is 3. The highest BCUT2D eigenvalue weighted by Gasteiger charge is 2.17. The largest absolute Gasteiger partial charge is 0.326 e. The van der Waals surface area contributed by atoms with Gasteiger partial charge in [-0.05, 0) is 33.6 Å². The van der Waals surface area contributed by atoms with Crippen molar-refractivity contribution >= 4 is 26.0 Å². The Hall–Kier alpha value is -1.29. The minimum absolute atomic E-state index is 0.187. The van der Waals surface area contributed by atoms with E-state index in [2.05, 4.69) is 35.8 Å². The molecule has 0 atom stereocenters. The molecule has 1 heterocycles. The van der Waals surface area contributed by atoms with Crippen molar-refractivity contribution in [2.75, 3.05) is 6.54 Å². The van der Waals surface area contributed by atoms with Gasteiger partial charge in [-0.3, -0.25) is 5.10 Å². The molecular weight excluding hydrogens is 346 g/mol. The van der Waals surface area contributed by atoms with Gasteiger partial charge in [0.15, 0.2) is 0 Å². The normalized spacial score (nSPS) is 11.7. The van der Waals surface area contributed by atoms with Crippen molar-refractivity contribution in [3.05, 3.63) is 40.4 Å². The maximum atomic E-state index is 12.2. The van der Waals surface area contributed by atoms with Crippen molar-refractivity contribution in [1.82, 2.24) is 19.9 Å². The predicted molar refractivity (Wildman–Crippen MR) is 77.3 cm³/mol. The van der Waals surface area contributed by atoms with Crippen LogP contribution in [0.4, 0.5) is 0 Å². The van der Waals surface area contributed by atoms with Crippen molar-refractivity contribution in [3.63, 3.8) is 0 Å². The number of benzene rings is 1. The molecule has 0 radical (unpaired) electrons. The van der Waals surface area contributed by atoms with Crippen LogP contribution >= 0.6 is 15.9 Å². The summed E-state index contributed by atoms with van der Waals surface area (Å²) in [7, 11) is -3.57. The number of sulfonamides is 1. The number of hydrogen-bond donors (Lipinski definition) is 3. The van der Waals surface area contributed by atoms with E-state index in [4.69, 9.17) is 5.73 Å². The first kappa shape index (κ1) is 15.1. The third kappa shape index (κ3) is 3.63. The van der Waals surface area contributed by atoms with Gasteiger partial charge < -0.3 is 5.73 Å². The summed E-state index contributed by atoms with van der Waals surface area (Å²) in [6.45, 7) is 0.598. The summed E-state index contributed by atoms with van der Waals surface area (Å²) in [5.74, 6) is 0.630. The van der Waals surface area contributed by atoms with Crippen molar-refractivity contribution in [1.29, 1.82) is 0 Å². The van der Waals surface area contributed by atoms with Crippen LogP contribution in [0, 0.1) is 0 Å². The molecule has 0 aliphatic heterocycles. The summed E-state index contributed by atoms with van der Waals surface area (Å²) >= 11 is 3.25. The van der Waals surface area contributed by atoms with E-state index >= 15 is 0 Å². The lowest BCUT2D eigenvalue weighted by Crippen LogP contribution is -2.26. The lowest BCUT2D eigenvalue weighted by Gasteiger charge is -2.09. The Morgan fingerprint density at radius 1 is 1.40 bits per heavy atom. The first-order valence-electron chi connectivity index (χ1n) is 5.85. The average Bonchev–Trinajstić information content (AvgIpc) is 2.91. The smallest absolute Gasteiger partial charge is 0.241 e. The fourth-order valence-corrected chi connectivity index (χ4v) is 3.78. The number of nitrogens with two attached hydrogens (primary N) is 1. The lowest BCUT2D eigenvalue weighted by atomic mass is 10.2. The average molecular weight is 360 g/mol. The predicted octanol–water partition coefficient (Wildman–Crippen LogP) is 0.547. The van der Waals surface area contributed by atoms with Gasteiger partial charge in [-0.2, -0.15) is 5.10 Å². The highest BCUT2D eigenvalue weighted by atomic mass is 79.9. The summed E-state index contributed by atoms with van der Waals surface area (Å²) in [6.07, 6.45) is 1.82. The van der Waals surface area contributed by atoms with Gasteiger partial charge in [-0.1, -0.05) is 6.07 Å². The van der Waals surface area contributed by atoms with Gasteiger partial charge in [0.05, 0.1) is 4.90 Å². The Kier molecular flexibility index (Phi) is 4.86. The molecule has 20 heavy (non-hydrogen) atoms. The molecule has 0 fully saturated rings. The Labute approximate surface area is 125 Å². The van der Waals surface area contributed by atoms with Crippen LogP contribution in [-0.4, -0.2) is 30.1 Å². The Bertz CT molecular complexity index is 672. The molecule has 0 amide bonds. The molecule has 1 aromatic carbocycles. The second kappa shape index (κ2) is 6.44. The minimum atomic E-state index is -3.57. The molecule has 1 aromatic heterocycles. The van der Waals surface area contributed by atoms with Crippen molar-refractivity contribution < 1.29 is 8.42 Å². The first-order valence-corrected chi connectivity index (χ1v) is 8.13. The highest BCUT2D eigenvalue weighted by molar-refractivity contribution is 9.10. The standard InChI is InChI=1S/C11H14BrN5O2S/c12-9-5-8(6-13)1-2-10(9)20(18,19)16-4-3-11-14-7-15-17-11/h1-2,5,7,16H,3-4,6,13H2,(H,14,15,17). The van der Waals surface area contributed by atoms with Gasteiger partial charge in [-0.15, -0.1) is 0 Å². The minimum Gasteiger partial charge on any atom is -0.326 e. The summed E-state index contributed by atoms with van der Waals surface area (Å²) < 4.78 is 27.3. The second-order valence-corrected chi connectivity index (χ2v) is 6.64. The SMILES string of the molecule is NCc1ccc(S(=O)(=O)NCCc2ncn[nH]2)c(Br)c1. The molecule has 0 saturated heterocycles. The van der Waals surface area contributed by atoms with Crippen LogP contribution in [0.3, 0.4) is 0 Å². The van der Waals surface area contributed by atoms with E-state index in [0.717, 1.165) is 5.56 Å². The Morgan fingerprint density at radius 2 is 2.20 bits per heavy atom. The number of H-pyrrole nitrogens is 1. The van der Waals surface area contributed by atoms with Crippen LogP contribution in [0.5, 0.6) is 0 Å². The zero-order chi connectivity index (χ0) is 14.6. The Morgan fingerprint density at radius 3 is 2.80 bits per heavy atom. The molecule has 7 nitrogen and oxygen atoms in total. The molecule has 4 N–H and O–H groups in total. The maximum Gasteiger partial charge on any atom is 0.241 e. The van der Waals surface area contributed by atoms with Crippen LogP contribution < -0.4 is 10.5 Å². The van der Waals surface area contributed by atoms with Gasteiger partial charge >= 0.3 is 0 Å². The van der Waals surface area contributed by atoms with Crippen LogP contribution in [0.25, 0.3) is 0 Å². The lowest BCUT2D eigenvalue weighted by molar-refractivity contribution is 0.580. The van der Waals surface area contributed by atoms with Gasteiger partial charge in [0.1, 0.15) is 12.2 Å². The van der Waals surface area contributed by atoms with Crippen LogP contribution in [0.2, 0.25) is 0 Å². The van der Waals surface area contributed by atoms with Crippen LogP contribution in [-0.2, 0) is 23.0 Å². The van der Waals surface area contributed by atoms with Crippen LogP contribution in [0.15, 0.2) is 33.9 Å². The number of aromatic amines is 1. The fraction of sp³-hybridized carbons (Fsp3) is 0.273. The fourth-order valence-electron chi connectivity index (χ4n) is 1.62. The van der Waals surface area contributed by atoms with E-state index in [-0.39, 0.29) is 11.4 Å². The van der Waals surface area contributed by atoms with Crippen LogP contribution in [0.1, 0.15) is 11.4 Å². The Balaban J connectivity index is 2.06. The van der Waals surface area contributed by atoms with E-state index in [1.807, 2.05) is 0 Å². The molecule has 9 heteroatoms. The molecule has 0 saturated carbocycles. The van der Waals surface area contributed by atoms with Crippen molar-refractivity contribution in [2.45, 2.75) is 17.9 Å². The van der Waals surface area contributed by atoms with E-state index in [9.17, 15) is 8.42 Å². The molecule has 0 aliphatic carbocycles. The molecule has 0 bridgehead atoms. The molecule has 0 spiro atoms. The number of nitrogens with zero attached hydrogens (tertiary/aromatic N) is 2. The van der Waals surface area contributed by atoms with Gasteiger partial charge in [0.2, 0.25) is 10.0 Å². The summed E-state index contributed by atoms with van der Waals surface area (Å²) in [4.78, 5) is 4.11. The van der Waals surface area contributed by atoms with Gasteiger partial charge in [-0.25, -0.2) is 18.1 Å². The van der Waals surface area contributed by atoms with Crippen molar-refractivity contribution in [2.24, 2.45) is 5.73 Å². The third-order valence-corrected chi connectivity index (χ3v) is 5.08. The van der Waals surface area contributed by atoms with Gasteiger partial charge in [0.25, 0.3) is 0 Å². The molecule has 108 valence electrons. The van der Waals surface area contributed by atoms with E-state index < -0.39 is 10.0 Å². The molecule has 0 aliphatic rings.